The Labute approximate surface area is 157 Å². The molecule has 2 aliphatic rings. The zero-order valence-electron chi connectivity index (χ0n) is 14.4. The van der Waals surface area contributed by atoms with Gasteiger partial charge in [0.25, 0.3) is 0 Å². The molecule has 2 heterocycles. The smallest absolute Gasteiger partial charge is 0.193 e. The molecule has 2 fully saturated rings. The largest absolute Gasteiger partial charge is 0.356 e. The van der Waals surface area contributed by atoms with Gasteiger partial charge in [-0.3, -0.25) is 4.99 Å². The summed E-state index contributed by atoms with van der Waals surface area (Å²) >= 11 is 2.11. The Morgan fingerprint density at radius 1 is 1.27 bits per heavy atom. The number of likely N-dealkylation sites (tertiary alicyclic amines) is 1. The van der Waals surface area contributed by atoms with Crippen LogP contribution in [0, 0.1) is 5.92 Å². The van der Waals surface area contributed by atoms with Gasteiger partial charge in [0.05, 0.1) is 0 Å². The summed E-state index contributed by atoms with van der Waals surface area (Å²) in [4.78, 5) is 9.53. The molecule has 22 heavy (non-hydrogen) atoms. The van der Waals surface area contributed by atoms with Gasteiger partial charge in [-0.2, -0.15) is 11.8 Å². The number of hydrogen-bond acceptors (Lipinski definition) is 3. The van der Waals surface area contributed by atoms with Crippen molar-refractivity contribution >= 4 is 41.7 Å². The lowest BCUT2D eigenvalue weighted by atomic mass is 9.98. The Bertz CT molecular complexity index is 340. The second kappa shape index (κ2) is 11.0. The zero-order chi connectivity index (χ0) is 15.1. The molecule has 0 aromatic heterocycles. The molecule has 0 radical (unpaired) electrons. The van der Waals surface area contributed by atoms with Crippen LogP contribution in [0.5, 0.6) is 0 Å². The highest BCUT2D eigenvalue weighted by atomic mass is 127. The first-order valence-corrected chi connectivity index (χ1v) is 9.61. The molecule has 2 unspecified atom stereocenters. The van der Waals surface area contributed by atoms with Crippen molar-refractivity contribution in [3.63, 3.8) is 0 Å². The summed E-state index contributed by atoms with van der Waals surface area (Å²) < 4.78 is 0. The molecule has 0 saturated carbocycles. The lowest BCUT2D eigenvalue weighted by Crippen LogP contribution is -2.50. The minimum atomic E-state index is 0. The van der Waals surface area contributed by atoms with Gasteiger partial charge < -0.3 is 15.1 Å². The summed E-state index contributed by atoms with van der Waals surface area (Å²) in [5.74, 6) is 3.12. The third-order valence-electron chi connectivity index (χ3n) is 4.70. The van der Waals surface area contributed by atoms with E-state index >= 15 is 0 Å². The third-order valence-corrected chi connectivity index (χ3v) is 6.08. The fourth-order valence-electron chi connectivity index (χ4n) is 3.33. The molecule has 130 valence electrons. The van der Waals surface area contributed by atoms with Gasteiger partial charge in [-0.1, -0.05) is 13.8 Å². The highest BCUT2D eigenvalue weighted by molar-refractivity contribution is 14.0. The van der Waals surface area contributed by atoms with Crippen LogP contribution in [0.4, 0.5) is 0 Å². The quantitative estimate of drug-likeness (QED) is 0.414. The molecule has 2 atom stereocenters. The standard InChI is InChI=1S/C16H32N4S.HI/c1-4-15-13-20(9-10-21-15)16(17-3)18-11-14-7-6-8-19(5-2)12-14;/h14-15H,4-13H2,1-3H3,(H,17,18);1H. The van der Waals surface area contributed by atoms with Crippen molar-refractivity contribution in [2.24, 2.45) is 10.9 Å². The Hall–Kier alpha value is 0.310. The molecule has 0 aliphatic carbocycles. The monoisotopic (exact) mass is 440 g/mol. The Morgan fingerprint density at radius 3 is 2.77 bits per heavy atom. The van der Waals surface area contributed by atoms with Crippen molar-refractivity contribution in [2.75, 3.05) is 52.1 Å². The average molecular weight is 440 g/mol. The molecule has 1 N–H and O–H groups in total. The maximum absolute atomic E-state index is 4.51. The van der Waals surface area contributed by atoms with Crippen LogP contribution >= 0.6 is 35.7 Å². The molecular formula is C16H33IN4S. The van der Waals surface area contributed by atoms with Crippen LogP contribution in [0.15, 0.2) is 4.99 Å². The fourth-order valence-corrected chi connectivity index (χ4v) is 4.51. The van der Waals surface area contributed by atoms with Crippen molar-refractivity contribution < 1.29 is 0 Å². The summed E-state index contributed by atoms with van der Waals surface area (Å²) in [7, 11) is 1.92. The third kappa shape index (κ3) is 6.07. The molecular weight excluding hydrogens is 407 g/mol. The number of nitrogens with zero attached hydrogens (tertiary/aromatic N) is 3. The van der Waals surface area contributed by atoms with Crippen LogP contribution in [0.3, 0.4) is 0 Å². The fraction of sp³-hybridized carbons (Fsp3) is 0.938. The highest BCUT2D eigenvalue weighted by Gasteiger charge is 2.23. The van der Waals surface area contributed by atoms with E-state index in [1.807, 2.05) is 7.05 Å². The van der Waals surface area contributed by atoms with E-state index < -0.39 is 0 Å². The van der Waals surface area contributed by atoms with Gasteiger partial charge in [0.2, 0.25) is 0 Å². The van der Waals surface area contributed by atoms with Crippen LogP contribution in [-0.4, -0.2) is 73.1 Å². The first kappa shape index (κ1) is 20.4. The lowest BCUT2D eigenvalue weighted by molar-refractivity contribution is 0.182. The second-order valence-electron chi connectivity index (χ2n) is 6.18. The molecule has 2 aliphatic heterocycles. The summed E-state index contributed by atoms with van der Waals surface area (Å²) in [5.41, 5.74) is 0. The van der Waals surface area contributed by atoms with Crippen LogP contribution in [0.1, 0.15) is 33.1 Å². The summed E-state index contributed by atoms with van der Waals surface area (Å²) in [5, 5.41) is 4.40. The minimum absolute atomic E-state index is 0. The van der Waals surface area contributed by atoms with E-state index in [2.05, 4.69) is 45.7 Å². The second-order valence-corrected chi connectivity index (χ2v) is 7.58. The predicted octanol–water partition coefficient (Wildman–Crippen LogP) is 2.74. The Balaban J connectivity index is 0.00000242. The molecule has 6 heteroatoms. The number of nitrogens with one attached hydrogen (secondary N) is 1. The SMILES string of the molecule is CCC1CN(C(=NC)NCC2CCCN(CC)C2)CCS1.I. The predicted molar refractivity (Wildman–Crippen MR) is 110 cm³/mol. The molecule has 0 spiro atoms. The van der Waals surface area contributed by atoms with Gasteiger partial charge >= 0.3 is 0 Å². The average Bonchev–Trinajstić information content (AvgIpc) is 2.56. The molecule has 0 aromatic rings. The lowest BCUT2D eigenvalue weighted by Gasteiger charge is -2.36. The summed E-state index contributed by atoms with van der Waals surface area (Å²) in [6.45, 7) is 11.6. The first-order valence-electron chi connectivity index (χ1n) is 8.56. The van der Waals surface area contributed by atoms with Crippen LogP contribution in [0.2, 0.25) is 0 Å². The molecule has 0 bridgehead atoms. The number of rotatable bonds is 4. The van der Waals surface area contributed by atoms with E-state index in [9.17, 15) is 0 Å². The van der Waals surface area contributed by atoms with Crippen molar-refractivity contribution in [3.05, 3.63) is 0 Å². The Kier molecular flexibility index (Phi) is 10.1. The first-order chi connectivity index (χ1) is 10.3. The van der Waals surface area contributed by atoms with Crippen molar-refractivity contribution in [1.82, 2.24) is 15.1 Å². The van der Waals surface area contributed by atoms with E-state index in [-0.39, 0.29) is 24.0 Å². The molecule has 0 amide bonds. The Morgan fingerprint density at radius 2 is 2.09 bits per heavy atom. The topological polar surface area (TPSA) is 30.9 Å². The van der Waals surface area contributed by atoms with Crippen molar-refractivity contribution in [1.29, 1.82) is 0 Å². The van der Waals surface area contributed by atoms with Crippen LogP contribution < -0.4 is 5.32 Å². The van der Waals surface area contributed by atoms with Gasteiger partial charge in [-0.25, -0.2) is 0 Å². The molecule has 4 nitrogen and oxygen atoms in total. The summed E-state index contributed by atoms with van der Waals surface area (Å²) in [6.07, 6.45) is 3.96. The number of guanidine groups is 1. The van der Waals surface area contributed by atoms with E-state index in [4.69, 9.17) is 0 Å². The number of piperidine rings is 1. The molecule has 2 rings (SSSR count). The van der Waals surface area contributed by atoms with Gasteiger partial charge in [0.1, 0.15) is 0 Å². The number of thioether (sulfide) groups is 1. The normalized spacial score (nSPS) is 27.4. The van der Waals surface area contributed by atoms with E-state index in [1.54, 1.807) is 0 Å². The maximum Gasteiger partial charge on any atom is 0.193 e. The molecule has 2 saturated heterocycles. The van der Waals surface area contributed by atoms with Gasteiger partial charge in [-0.15, -0.1) is 24.0 Å². The van der Waals surface area contributed by atoms with Gasteiger partial charge in [-0.05, 0) is 38.3 Å². The highest BCUT2D eigenvalue weighted by Crippen LogP contribution is 2.21. The van der Waals surface area contributed by atoms with Crippen molar-refractivity contribution in [3.8, 4) is 0 Å². The van der Waals surface area contributed by atoms with Crippen LogP contribution in [-0.2, 0) is 0 Å². The minimum Gasteiger partial charge on any atom is -0.356 e. The van der Waals surface area contributed by atoms with E-state index in [1.165, 1.54) is 44.6 Å². The van der Waals surface area contributed by atoms with E-state index in [0.29, 0.717) is 0 Å². The summed E-state index contributed by atoms with van der Waals surface area (Å²) in [6, 6.07) is 0. The van der Waals surface area contributed by atoms with Crippen molar-refractivity contribution in [2.45, 2.75) is 38.4 Å². The van der Waals surface area contributed by atoms with Gasteiger partial charge in [0, 0.05) is 44.2 Å². The van der Waals surface area contributed by atoms with Gasteiger partial charge in [0.15, 0.2) is 5.96 Å². The zero-order valence-corrected chi connectivity index (χ0v) is 17.5. The van der Waals surface area contributed by atoms with E-state index in [0.717, 1.165) is 36.8 Å². The maximum atomic E-state index is 4.51. The molecule has 0 aromatic carbocycles. The number of hydrogen-bond donors (Lipinski definition) is 1. The van der Waals surface area contributed by atoms with Crippen LogP contribution in [0.25, 0.3) is 0 Å². The number of halogens is 1. The number of aliphatic imine (C=N–C) groups is 1.